The highest BCUT2D eigenvalue weighted by molar-refractivity contribution is 5.36. The van der Waals surface area contributed by atoms with Crippen LogP contribution in [0.4, 0.5) is 17.6 Å². The maximum atomic E-state index is 14.5. The lowest BCUT2D eigenvalue weighted by molar-refractivity contribution is 0.549. The first-order chi connectivity index (χ1) is 14.9. The fraction of sp³-hybridized carbons (Fsp3) is 0.192. The van der Waals surface area contributed by atoms with Gasteiger partial charge in [0, 0.05) is 5.56 Å². The second kappa shape index (κ2) is 10.1. The molecule has 3 aromatic rings. The van der Waals surface area contributed by atoms with Gasteiger partial charge in [0.25, 0.3) is 0 Å². The van der Waals surface area contributed by atoms with Gasteiger partial charge >= 0.3 is 0 Å². The van der Waals surface area contributed by atoms with Crippen LogP contribution >= 0.6 is 0 Å². The zero-order chi connectivity index (χ0) is 22.4. The molecular weight excluding hydrogens is 402 g/mol. The summed E-state index contributed by atoms with van der Waals surface area (Å²) in [5.74, 6) is -3.31. The summed E-state index contributed by atoms with van der Waals surface area (Å²) in [4.78, 5) is 0. The van der Waals surface area contributed by atoms with Crippen molar-refractivity contribution in [3.63, 3.8) is 0 Å². The van der Waals surface area contributed by atoms with Crippen LogP contribution in [0.3, 0.4) is 0 Å². The van der Waals surface area contributed by atoms with E-state index in [0.717, 1.165) is 29.7 Å². The molecule has 0 radical (unpaired) electrons. The molecule has 0 aliphatic carbocycles. The van der Waals surface area contributed by atoms with Crippen molar-refractivity contribution >= 4 is 0 Å². The molecule has 0 atom stereocenters. The van der Waals surface area contributed by atoms with Crippen molar-refractivity contribution in [1.29, 1.82) is 5.26 Å². The zero-order valence-electron chi connectivity index (χ0n) is 16.9. The van der Waals surface area contributed by atoms with Crippen molar-refractivity contribution in [2.75, 3.05) is 0 Å². The molecule has 0 saturated heterocycles. The van der Waals surface area contributed by atoms with E-state index in [1.807, 2.05) is 30.3 Å². The number of hydrogen-bond acceptors (Lipinski definition) is 1. The zero-order valence-corrected chi connectivity index (χ0v) is 16.9. The molecule has 0 bridgehead atoms. The van der Waals surface area contributed by atoms with Crippen LogP contribution in [0, 0.1) is 34.6 Å². The smallest absolute Gasteiger partial charge is 0.144 e. The Morgan fingerprint density at radius 1 is 0.677 bits per heavy atom. The Morgan fingerprint density at radius 3 is 1.65 bits per heavy atom. The number of rotatable bonds is 8. The molecule has 0 fully saturated rings. The molecule has 3 aromatic carbocycles. The van der Waals surface area contributed by atoms with Gasteiger partial charge in [0.2, 0.25) is 0 Å². The molecule has 0 heterocycles. The number of benzene rings is 3. The van der Waals surface area contributed by atoms with Crippen LogP contribution in [0.2, 0.25) is 0 Å². The van der Waals surface area contributed by atoms with Crippen molar-refractivity contribution in [3.8, 4) is 6.07 Å². The quantitative estimate of drug-likeness (QED) is 0.303. The van der Waals surface area contributed by atoms with Gasteiger partial charge in [0.05, 0.1) is 0 Å². The topological polar surface area (TPSA) is 23.8 Å². The van der Waals surface area contributed by atoms with Crippen LogP contribution in [-0.2, 0) is 32.1 Å². The van der Waals surface area contributed by atoms with E-state index in [2.05, 4.69) is 6.58 Å². The standard InChI is InChI=1S/C26H21F4N/c1-2-3-17-4-6-18(7-5-17)8-9-19-12-23(27)21(24(28)13-19)11-10-20-14-25(29)22(16-31)26(30)15-20/h2,4-7,12-15H,1,3,8-11H2. The first kappa shape index (κ1) is 22.3. The van der Waals surface area contributed by atoms with Gasteiger partial charge in [-0.2, -0.15) is 5.26 Å². The third-order valence-electron chi connectivity index (χ3n) is 5.18. The Labute approximate surface area is 179 Å². The van der Waals surface area contributed by atoms with Crippen LogP contribution in [0.15, 0.2) is 61.2 Å². The van der Waals surface area contributed by atoms with Gasteiger partial charge in [0.15, 0.2) is 0 Å². The Kier molecular flexibility index (Phi) is 7.25. The van der Waals surface area contributed by atoms with E-state index in [1.165, 1.54) is 18.2 Å². The maximum absolute atomic E-state index is 14.5. The van der Waals surface area contributed by atoms with Crippen LogP contribution < -0.4 is 0 Å². The highest BCUT2D eigenvalue weighted by Crippen LogP contribution is 2.21. The number of allylic oxidation sites excluding steroid dienone is 1. The molecule has 0 aliphatic rings. The molecule has 1 nitrogen and oxygen atoms in total. The van der Waals surface area contributed by atoms with E-state index in [1.54, 1.807) is 0 Å². The van der Waals surface area contributed by atoms with Gasteiger partial charge in [-0.15, -0.1) is 6.58 Å². The van der Waals surface area contributed by atoms with E-state index < -0.39 is 28.8 Å². The van der Waals surface area contributed by atoms with Crippen molar-refractivity contribution in [2.45, 2.75) is 32.1 Å². The second-order valence-electron chi connectivity index (χ2n) is 7.39. The normalized spacial score (nSPS) is 10.7. The molecule has 0 unspecified atom stereocenters. The third-order valence-corrected chi connectivity index (χ3v) is 5.18. The van der Waals surface area contributed by atoms with Gasteiger partial charge in [-0.25, -0.2) is 17.6 Å². The second-order valence-corrected chi connectivity index (χ2v) is 7.39. The van der Waals surface area contributed by atoms with Crippen LogP contribution in [0.25, 0.3) is 0 Å². The number of aryl methyl sites for hydroxylation is 3. The highest BCUT2D eigenvalue weighted by Gasteiger charge is 2.14. The largest absolute Gasteiger partial charge is 0.207 e. The number of halogens is 4. The van der Waals surface area contributed by atoms with E-state index >= 15 is 0 Å². The maximum Gasteiger partial charge on any atom is 0.144 e. The van der Waals surface area contributed by atoms with Crippen LogP contribution in [0.5, 0.6) is 0 Å². The minimum atomic E-state index is -0.980. The van der Waals surface area contributed by atoms with Crippen LogP contribution in [-0.4, -0.2) is 0 Å². The van der Waals surface area contributed by atoms with Crippen LogP contribution in [0.1, 0.15) is 33.4 Å². The Hall–Kier alpha value is -3.39. The van der Waals surface area contributed by atoms with Crippen molar-refractivity contribution in [2.24, 2.45) is 0 Å². The predicted octanol–water partition coefficient (Wildman–Crippen LogP) is 6.41. The molecule has 31 heavy (non-hydrogen) atoms. The Balaban J connectivity index is 1.66. The minimum Gasteiger partial charge on any atom is -0.207 e. The lowest BCUT2D eigenvalue weighted by atomic mass is 9.98. The van der Waals surface area contributed by atoms with E-state index in [-0.39, 0.29) is 24.0 Å². The van der Waals surface area contributed by atoms with Gasteiger partial charge in [0.1, 0.15) is 34.9 Å². The molecule has 0 aromatic heterocycles. The lowest BCUT2D eigenvalue weighted by Crippen LogP contribution is -2.03. The molecule has 3 rings (SSSR count). The molecule has 0 amide bonds. The van der Waals surface area contributed by atoms with E-state index in [9.17, 15) is 17.6 Å². The summed E-state index contributed by atoms with van der Waals surface area (Å²) in [5, 5.41) is 8.71. The Morgan fingerprint density at radius 2 is 1.13 bits per heavy atom. The average Bonchev–Trinajstić information content (AvgIpc) is 2.73. The molecule has 0 N–H and O–H groups in total. The fourth-order valence-electron chi connectivity index (χ4n) is 3.48. The van der Waals surface area contributed by atoms with Gasteiger partial charge < -0.3 is 0 Å². The summed E-state index contributed by atoms with van der Waals surface area (Å²) in [7, 11) is 0. The summed E-state index contributed by atoms with van der Waals surface area (Å²) < 4.78 is 56.5. The highest BCUT2D eigenvalue weighted by atomic mass is 19.1. The van der Waals surface area contributed by atoms with E-state index in [4.69, 9.17) is 5.26 Å². The van der Waals surface area contributed by atoms with Gasteiger partial charge in [-0.1, -0.05) is 30.3 Å². The molecule has 0 spiro atoms. The first-order valence-electron chi connectivity index (χ1n) is 9.94. The molecule has 158 valence electrons. The SMILES string of the molecule is C=CCc1ccc(CCc2cc(F)c(CCc3cc(F)c(C#N)c(F)c3)c(F)c2)cc1. The molecule has 5 heteroatoms. The average molecular weight is 423 g/mol. The van der Waals surface area contributed by atoms with Crippen molar-refractivity contribution in [3.05, 3.63) is 118 Å². The molecule has 0 aliphatic heterocycles. The third kappa shape index (κ3) is 5.61. The Bertz CT molecular complexity index is 1080. The molecular formula is C26H21F4N. The predicted molar refractivity (Wildman–Crippen MR) is 113 cm³/mol. The van der Waals surface area contributed by atoms with Gasteiger partial charge in [-0.3, -0.25) is 0 Å². The number of hydrogen-bond donors (Lipinski definition) is 0. The summed E-state index contributed by atoms with van der Waals surface area (Å²) >= 11 is 0. The summed E-state index contributed by atoms with van der Waals surface area (Å²) in [6, 6.07) is 14.1. The summed E-state index contributed by atoms with van der Waals surface area (Å²) in [6.07, 6.45) is 3.75. The number of nitrogens with zero attached hydrogens (tertiary/aromatic N) is 1. The number of nitriles is 1. The monoisotopic (exact) mass is 423 g/mol. The van der Waals surface area contributed by atoms with Crippen molar-refractivity contribution in [1.82, 2.24) is 0 Å². The van der Waals surface area contributed by atoms with Gasteiger partial charge in [-0.05, 0) is 78.6 Å². The van der Waals surface area contributed by atoms with Crippen molar-refractivity contribution < 1.29 is 17.6 Å². The summed E-state index contributed by atoms with van der Waals surface area (Å²) in [5.41, 5.74) is 2.22. The van der Waals surface area contributed by atoms with E-state index in [0.29, 0.717) is 18.4 Å². The summed E-state index contributed by atoms with van der Waals surface area (Å²) in [6.45, 7) is 3.71. The minimum absolute atomic E-state index is 0.0454. The first-order valence-corrected chi connectivity index (χ1v) is 9.94. The molecule has 0 saturated carbocycles. The lowest BCUT2D eigenvalue weighted by Gasteiger charge is -2.10. The fourth-order valence-corrected chi connectivity index (χ4v) is 3.48.